The molecule has 0 radical (unpaired) electrons. The number of allylic oxidation sites excluding steroid dienone is 5. The van der Waals surface area contributed by atoms with Gasteiger partial charge in [-0.1, -0.05) is 49.4 Å². The van der Waals surface area contributed by atoms with E-state index in [-0.39, 0.29) is 5.92 Å². The van der Waals surface area contributed by atoms with Crippen LogP contribution in [0.5, 0.6) is 0 Å². The summed E-state index contributed by atoms with van der Waals surface area (Å²) in [6.07, 6.45) is 14.0. The first-order valence-electron chi connectivity index (χ1n) is 11.9. The normalized spacial score (nSPS) is 17.1. The molecule has 188 valence electrons. The number of hydrogen-bond acceptors (Lipinski definition) is 5. The van der Waals surface area contributed by atoms with Crippen LogP contribution in [0, 0.1) is 0 Å². The number of piperidine rings is 1. The standard InChI is InChI=1S/C27H36Cl2N6/c1-6-21(12-22(20(4)30)11-18(2)27-25(28)14-32-15-26(27)29)23-13-33-35(17-23)24-7-9-34(10-8-24)16-19(3)31-5/h6,12-15,17-18,24,31H,1,3,7-11,16,30H2,2,4-5H3/b21-12+,22-20+. The molecule has 0 aliphatic carbocycles. The van der Waals surface area contributed by atoms with Gasteiger partial charge in [-0.05, 0) is 54.9 Å². The minimum atomic E-state index is 0.0701. The molecule has 3 N–H and O–H groups in total. The molecule has 0 spiro atoms. The van der Waals surface area contributed by atoms with E-state index in [4.69, 9.17) is 28.9 Å². The summed E-state index contributed by atoms with van der Waals surface area (Å²) in [6.45, 7) is 15.0. The Morgan fingerprint density at radius 2 is 1.91 bits per heavy atom. The Morgan fingerprint density at radius 1 is 1.26 bits per heavy atom. The first-order valence-corrected chi connectivity index (χ1v) is 12.7. The summed E-state index contributed by atoms with van der Waals surface area (Å²) in [6, 6.07) is 0.385. The number of aromatic nitrogens is 3. The van der Waals surface area contributed by atoms with Crippen LogP contribution in [0.2, 0.25) is 10.0 Å². The van der Waals surface area contributed by atoms with E-state index in [9.17, 15) is 0 Å². The quantitative estimate of drug-likeness (QED) is 0.383. The Morgan fingerprint density at radius 3 is 2.49 bits per heavy atom. The maximum atomic E-state index is 6.39. The Labute approximate surface area is 219 Å². The van der Waals surface area contributed by atoms with Crippen LogP contribution in [-0.2, 0) is 0 Å². The third kappa shape index (κ3) is 7.00. The van der Waals surface area contributed by atoms with Crippen LogP contribution in [0.1, 0.15) is 56.2 Å². The van der Waals surface area contributed by atoms with Crippen LogP contribution in [0.25, 0.3) is 5.57 Å². The van der Waals surface area contributed by atoms with Crippen LogP contribution in [0.15, 0.2) is 67.1 Å². The fourth-order valence-electron chi connectivity index (χ4n) is 4.48. The smallest absolute Gasteiger partial charge is 0.0639 e. The number of rotatable bonds is 10. The molecule has 1 fully saturated rings. The molecule has 1 aliphatic heterocycles. The van der Waals surface area contributed by atoms with Crippen molar-refractivity contribution < 1.29 is 0 Å². The molecule has 8 heteroatoms. The van der Waals surface area contributed by atoms with Crippen molar-refractivity contribution in [3.8, 4) is 0 Å². The van der Waals surface area contributed by atoms with Crippen molar-refractivity contribution >= 4 is 28.8 Å². The highest BCUT2D eigenvalue weighted by molar-refractivity contribution is 6.35. The fraction of sp³-hybridized carbons (Fsp3) is 0.407. The van der Waals surface area contributed by atoms with Crippen LogP contribution in [-0.4, -0.2) is 46.3 Å². The molecule has 1 atom stereocenters. The lowest BCUT2D eigenvalue weighted by atomic mass is 9.91. The molecular weight excluding hydrogens is 479 g/mol. The molecule has 0 aromatic carbocycles. The van der Waals surface area contributed by atoms with Gasteiger partial charge in [0.1, 0.15) is 0 Å². The van der Waals surface area contributed by atoms with Gasteiger partial charge in [-0.3, -0.25) is 14.6 Å². The minimum absolute atomic E-state index is 0.0701. The third-order valence-corrected chi connectivity index (χ3v) is 7.20. The SMILES string of the molecule is C=C/C(=C\C(CC(C)c1c(Cl)cncc1Cl)=C(/C)N)c1cnn(C2CCN(CC(=C)NC)CC2)c1. The first kappa shape index (κ1) is 27.1. The van der Waals surface area contributed by atoms with Crippen LogP contribution < -0.4 is 11.1 Å². The van der Waals surface area contributed by atoms with Gasteiger partial charge in [0.15, 0.2) is 0 Å². The van der Waals surface area contributed by atoms with Gasteiger partial charge in [-0.15, -0.1) is 0 Å². The summed E-state index contributed by atoms with van der Waals surface area (Å²) in [4.78, 5) is 6.49. The summed E-state index contributed by atoms with van der Waals surface area (Å²) in [5.41, 5.74) is 12.0. The van der Waals surface area contributed by atoms with Gasteiger partial charge in [-0.25, -0.2) is 0 Å². The van der Waals surface area contributed by atoms with Crippen molar-refractivity contribution in [2.24, 2.45) is 5.73 Å². The van der Waals surface area contributed by atoms with E-state index < -0.39 is 0 Å². The second-order valence-corrected chi connectivity index (χ2v) is 10.0. The molecule has 6 nitrogen and oxygen atoms in total. The highest BCUT2D eigenvalue weighted by atomic mass is 35.5. The maximum Gasteiger partial charge on any atom is 0.0639 e. The van der Waals surface area contributed by atoms with E-state index in [0.29, 0.717) is 22.5 Å². The molecule has 35 heavy (non-hydrogen) atoms. The average Bonchev–Trinajstić information content (AvgIpc) is 3.32. The van der Waals surface area contributed by atoms with Gasteiger partial charge in [0.05, 0.1) is 22.3 Å². The summed E-state index contributed by atoms with van der Waals surface area (Å²) in [5.74, 6) is 0.0701. The molecule has 2 aromatic heterocycles. The molecule has 1 aliphatic rings. The topological polar surface area (TPSA) is 72.0 Å². The third-order valence-electron chi connectivity index (χ3n) is 6.60. The summed E-state index contributed by atoms with van der Waals surface area (Å²) in [7, 11) is 1.92. The van der Waals surface area contributed by atoms with Gasteiger partial charge in [0.25, 0.3) is 0 Å². The summed E-state index contributed by atoms with van der Waals surface area (Å²) < 4.78 is 2.09. The van der Waals surface area contributed by atoms with Crippen molar-refractivity contribution in [3.63, 3.8) is 0 Å². The van der Waals surface area contributed by atoms with Crippen LogP contribution in [0.4, 0.5) is 0 Å². The molecule has 3 rings (SSSR count). The molecule has 2 aromatic rings. The summed E-state index contributed by atoms with van der Waals surface area (Å²) >= 11 is 12.8. The average molecular weight is 516 g/mol. The zero-order chi connectivity index (χ0) is 25.5. The van der Waals surface area contributed by atoms with E-state index in [1.807, 2.05) is 26.2 Å². The number of pyridine rings is 1. The minimum Gasteiger partial charge on any atom is -0.402 e. The second-order valence-electron chi connectivity index (χ2n) is 9.20. The van der Waals surface area contributed by atoms with Crippen molar-refractivity contribution in [1.29, 1.82) is 0 Å². The zero-order valence-electron chi connectivity index (χ0n) is 20.9. The number of halogens is 2. The highest BCUT2D eigenvalue weighted by Gasteiger charge is 2.22. The number of hydrogen-bond donors (Lipinski definition) is 2. The van der Waals surface area contributed by atoms with Crippen molar-refractivity contribution in [2.75, 3.05) is 26.7 Å². The monoisotopic (exact) mass is 514 g/mol. The largest absolute Gasteiger partial charge is 0.402 e. The zero-order valence-corrected chi connectivity index (χ0v) is 22.4. The molecule has 1 unspecified atom stereocenters. The van der Waals surface area contributed by atoms with E-state index in [1.54, 1.807) is 12.4 Å². The Bertz CT molecular complexity index is 1080. The van der Waals surface area contributed by atoms with Crippen molar-refractivity contribution in [3.05, 3.63) is 88.2 Å². The maximum absolute atomic E-state index is 6.39. The van der Waals surface area contributed by atoms with Crippen molar-refractivity contribution in [2.45, 2.75) is 45.1 Å². The van der Waals surface area contributed by atoms with Crippen LogP contribution in [0.3, 0.4) is 0 Å². The predicted molar refractivity (Wildman–Crippen MR) is 147 cm³/mol. The molecule has 0 saturated carbocycles. The highest BCUT2D eigenvalue weighted by Crippen LogP contribution is 2.35. The Kier molecular flexibility index (Phi) is 9.61. The molecule has 0 bridgehead atoms. The number of nitrogens with zero attached hydrogens (tertiary/aromatic N) is 4. The van der Waals surface area contributed by atoms with Gasteiger partial charge >= 0.3 is 0 Å². The number of nitrogens with one attached hydrogen (secondary N) is 1. The molecule has 1 saturated heterocycles. The Hall–Kier alpha value is -2.54. The number of likely N-dealkylation sites (tertiary alicyclic amines) is 1. The molecular formula is C27H36Cl2N6. The number of nitrogens with two attached hydrogens (primary N) is 1. The summed E-state index contributed by atoms with van der Waals surface area (Å²) in [5, 5.41) is 8.94. The first-order chi connectivity index (χ1) is 16.7. The van der Waals surface area contributed by atoms with E-state index in [2.05, 4.69) is 57.3 Å². The van der Waals surface area contributed by atoms with Crippen molar-refractivity contribution in [1.82, 2.24) is 25.0 Å². The lowest BCUT2D eigenvalue weighted by Crippen LogP contribution is -2.37. The van der Waals surface area contributed by atoms with Gasteiger partial charge in [0.2, 0.25) is 0 Å². The van der Waals surface area contributed by atoms with Gasteiger partial charge in [0, 0.05) is 62.2 Å². The van der Waals surface area contributed by atoms with E-state index >= 15 is 0 Å². The van der Waals surface area contributed by atoms with Gasteiger partial charge in [-0.2, -0.15) is 5.10 Å². The Balaban J connectivity index is 1.73. The number of likely N-dealkylation sites (N-methyl/N-ethyl adjacent to an activating group) is 1. The van der Waals surface area contributed by atoms with E-state index in [1.165, 1.54) is 0 Å². The fourth-order valence-corrected chi connectivity index (χ4v) is 5.22. The second kappa shape index (κ2) is 12.4. The molecule has 3 heterocycles. The van der Waals surface area contributed by atoms with E-state index in [0.717, 1.165) is 66.1 Å². The lowest BCUT2D eigenvalue weighted by Gasteiger charge is -2.32. The van der Waals surface area contributed by atoms with Crippen LogP contribution >= 0.6 is 23.2 Å². The molecule has 0 amide bonds. The van der Waals surface area contributed by atoms with Gasteiger partial charge < -0.3 is 11.1 Å². The predicted octanol–water partition coefficient (Wildman–Crippen LogP) is 5.95. The lowest BCUT2D eigenvalue weighted by molar-refractivity contribution is 0.190.